The molecule has 1 N–H and O–H groups in total. The van der Waals surface area contributed by atoms with Crippen LogP contribution >= 0.6 is 0 Å². The molecule has 4 heterocycles. The number of aromatic nitrogens is 2. The lowest BCUT2D eigenvalue weighted by atomic mass is 9.91. The number of aromatic amines is 1. The lowest BCUT2D eigenvalue weighted by Gasteiger charge is -2.45. The van der Waals surface area contributed by atoms with E-state index in [0.29, 0.717) is 6.04 Å². The number of pyridine rings is 1. The number of hydrogen-bond acceptors (Lipinski definition) is 3. The summed E-state index contributed by atoms with van der Waals surface area (Å²) in [7, 11) is 2.22. The van der Waals surface area contributed by atoms with Gasteiger partial charge in [-0.3, -0.25) is 4.98 Å². The first-order valence-corrected chi connectivity index (χ1v) is 8.26. The van der Waals surface area contributed by atoms with Crippen molar-refractivity contribution in [1.82, 2.24) is 14.9 Å². The Labute approximate surface area is 135 Å². The van der Waals surface area contributed by atoms with E-state index in [9.17, 15) is 0 Å². The Kier molecular flexibility index (Phi) is 2.76. The summed E-state index contributed by atoms with van der Waals surface area (Å²) in [6.07, 6.45) is 5.98. The second-order valence-electron chi connectivity index (χ2n) is 6.88. The predicted octanol–water partition coefficient (Wildman–Crippen LogP) is 2.98. The summed E-state index contributed by atoms with van der Waals surface area (Å²) >= 11 is 0. The number of benzene rings is 1. The molecule has 23 heavy (non-hydrogen) atoms. The van der Waals surface area contributed by atoms with E-state index in [1.54, 1.807) is 0 Å². The van der Waals surface area contributed by atoms with Crippen LogP contribution < -0.4 is 4.90 Å². The maximum Gasteiger partial charge on any atom is 0.0562 e. The van der Waals surface area contributed by atoms with E-state index >= 15 is 0 Å². The smallest absolute Gasteiger partial charge is 0.0562 e. The normalized spacial score (nSPS) is 24.0. The second-order valence-corrected chi connectivity index (χ2v) is 6.88. The van der Waals surface area contributed by atoms with E-state index in [1.807, 2.05) is 18.6 Å². The van der Waals surface area contributed by atoms with E-state index in [1.165, 1.54) is 40.8 Å². The number of rotatable bonds is 2. The molecule has 0 saturated carbocycles. The minimum Gasteiger partial charge on any atom is -0.365 e. The van der Waals surface area contributed by atoms with Gasteiger partial charge in [-0.25, -0.2) is 0 Å². The Balaban J connectivity index is 1.53. The zero-order valence-electron chi connectivity index (χ0n) is 13.2. The first-order chi connectivity index (χ1) is 11.3. The Morgan fingerprint density at radius 3 is 3.00 bits per heavy atom. The van der Waals surface area contributed by atoms with Crippen molar-refractivity contribution in [3.8, 4) is 11.1 Å². The molecule has 2 aliphatic heterocycles. The fourth-order valence-corrected chi connectivity index (χ4v) is 4.21. The molecule has 2 saturated heterocycles. The third-order valence-electron chi connectivity index (χ3n) is 5.38. The molecule has 2 fully saturated rings. The number of nitrogens with zero attached hydrogens (tertiary/aromatic N) is 3. The molecule has 3 aromatic rings. The zero-order valence-corrected chi connectivity index (χ0v) is 13.2. The van der Waals surface area contributed by atoms with Gasteiger partial charge < -0.3 is 14.8 Å². The van der Waals surface area contributed by atoms with Crippen LogP contribution in [0.4, 0.5) is 5.69 Å². The van der Waals surface area contributed by atoms with Gasteiger partial charge in [-0.2, -0.15) is 0 Å². The summed E-state index contributed by atoms with van der Waals surface area (Å²) in [5, 5.41) is 1.26. The molecule has 2 atom stereocenters. The number of fused-ring (bicyclic) bond motifs is 2. The molecular weight excluding hydrogens is 284 g/mol. The van der Waals surface area contributed by atoms with Gasteiger partial charge in [-0.15, -0.1) is 0 Å². The predicted molar refractivity (Wildman–Crippen MR) is 93.7 cm³/mol. The molecule has 0 aliphatic carbocycles. The molecule has 116 valence electrons. The standard InChI is InChI=1S/C19H20N4/c1-22-10-14-11-23(19(14)12-22)15-7-13(8-20-9-15)16-3-2-4-18-17(16)5-6-21-18/h2-9,14,19,21H,10-12H2,1H3/t14-,19+/m0/s1. The third kappa shape index (κ3) is 1.98. The average Bonchev–Trinajstić information content (AvgIpc) is 3.14. The van der Waals surface area contributed by atoms with Crippen LogP contribution in [-0.2, 0) is 0 Å². The molecule has 0 bridgehead atoms. The summed E-state index contributed by atoms with van der Waals surface area (Å²) in [5.41, 5.74) is 4.88. The molecule has 5 rings (SSSR count). The largest absolute Gasteiger partial charge is 0.365 e. The van der Waals surface area contributed by atoms with E-state index in [-0.39, 0.29) is 0 Å². The lowest BCUT2D eigenvalue weighted by Crippen LogP contribution is -2.55. The van der Waals surface area contributed by atoms with E-state index < -0.39 is 0 Å². The molecule has 0 radical (unpaired) electrons. The molecule has 0 spiro atoms. The number of likely N-dealkylation sites (tertiary alicyclic amines) is 1. The molecule has 2 aliphatic rings. The summed E-state index contributed by atoms with van der Waals surface area (Å²) in [6, 6.07) is 11.5. The van der Waals surface area contributed by atoms with Gasteiger partial charge in [0.1, 0.15) is 0 Å². The fraction of sp³-hybridized carbons (Fsp3) is 0.316. The summed E-state index contributed by atoms with van der Waals surface area (Å²) in [6.45, 7) is 3.56. The molecular formula is C19H20N4. The van der Waals surface area contributed by atoms with Crippen LogP contribution in [0.5, 0.6) is 0 Å². The monoisotopic (exact) mass is 304 g/mol. The lowest BCUT2D eigenvalue weighted by molar-refractivity contribution is 0.361. The quantitative estimate of drug-likeness (QED) is 0.790. The van der Waals surface area contributed by atoms with Gasteiger partial charge in [0.2, 0.25) is 0 Å². The van der Waals surface area contributed by atoms with Crippen LogP contribution in [0.1, 0.15) is 0 Å². The Morgan fingerprint density at radius 2 is 2.09 bits per heavy atom. The number of H-pyrrole nitrogens is 1. The first-order valence-electron chi connectivity index (χ1n) is 8.26. The molecule has 0 unspecified atom stereocenters. The fourth-order valence-electron chi connectivity index (χ4n) is 4.21. The highest BCUT2D eigenvalue weighted by Crippen LogP contribution is 2.37. The SMILES string of the molecule is CN1C[C@H]2CN(c3cncc(-c4cccc5[nH]ccc45)c3)[C@@H]2C1. The molecule has 4 heteroatoms. The summed E-state index contributed by atoms with van der Waals surface area (Å²) in [5.74, 6) is 0.830. The number of nitrogens with one attached hydrogen (secondary N) is 1. The Hall–Kier alpha value is -2.33. The number of hydrogen-bond donors (Lipinski definition) is 1. The van der Waals surface area contributed by atoms with Crippen LogP contribution in [-0.4, -0.2) is 47.6 Å². The minimum atomic E-state index is 0.667. The summed E-state index contributed by atoms with van der Waals surface area (Å²) in [4.78, 5) is 12.8. The van der Waals surface area contributed by atoms with Crippen LogP contribution in [0.25, 0.3) is 22.0 Å². The Bertz CT molecular complexity index is 868. The van der Waals surface area contributed by atoms with Gasteiger partial charge in [0.15, 0.2) is 0 Å². The van der Waals surface area contributed by atoms with Gasteiger partial charge >= 0.3 is 0 Å². The van der Waals surface area contributed by atoms with Crippen molar-refractivity contribution in [2.75, 3.05) is 31.6 Å². The van der Waals surface area contributed by atoms with E-state index in [4.69, 9.17) is 0 Å². The van der Waals surface area contributed by atoms with Crippen molar-refractivity contribution in [3.05, 3.63) is 48.9 Å². The molecule has 4 nitrogen and oxygen atoms in total. The van der Waals surface area contributed by atoms with Crippen LogP contribution in [0, 0.1) is 5.92 Å². The minimum absolute atomic E-state index is 0.667. The Morgan fingerprint density at radius 1 is 1.13 bits per heavy atom. The third-order valence-corrected chi connectivity index (χ3v) is 5.38. The molecule has 1 aromatic carbocycles. The van der Waals surface area contributed by atoms with E-state index in [0.717, 1.165) is 12.5 Å². The summed E-state index contributed by atoms with van der Waals surface area (Å²) < 4.78 is 0. The van der Waals surface area contributed by atoms with Crippen LogP contribution in [0.15, 0.2) is 48.9 Å². The van der Waals surface area contributed by atoms with Gasteiger partial charge in [-0.05, 0) is 30.8 Å². The van der Waals surface area contributed by atoms with Crippen molar-refractivity contribution in [1.29, 1.82) is 0 Å². The highest BCUT2D eigenvalue weighted by atomic mass is 15.3. The van der Waals surface area contributed by atoms with Crippen LogP contribution in [0.3, 0.4) is 0 Å². The zero-order chi connectivity index (χ0) is 15.4. The van der Waals surface area contributed by atoms with Crippen molar-refractivity contribution in [2.24, 2.45) is 5.92 Å². The maximum atomic E-state index is 4.52. The van der Waals surface area contributed by atoms with Gasteiger partial charge in [0, 0.05) is 60.5 Å². The van der Waals surface area contributed by atoms with Crippen molar-refractivity contribution >= 4 is 16.6 Å². The highest BCUT2D eigenvalue weighted by molar-refractivity contribution is 5.95. The molecule has 0 amide bonds. The number of likely N-dealkylation sites (N-methyl/N-ethyl adjacent to an activating group) is 1. The average molecular weight is 304 g/mol. The van der Waals surface area contributed by atoms with Crippen molar-refractivity contribution in [3.63, 3.8) is 0 Å². The van der Waals surface area contributed by atoms with Crippen LogP contribution in [0.2, 0.25) is 0 Å². The van der Waals surface area contributed by atoms with E-state index in [2.05, 4.69) is 57.1 Å². The number of anilines is 1. The maximum absolute atomic E-state index is 4.52. The highest BCUT2D eigenvalue weighted by Gasteiger charge is 2.44. The van der Waals surface area contributed by atoms with Crippen molar-refractivity contribution < 1.29 is 0 Å². The van der Waals surface area contributed by atoms with Gasteiger partial charge in [0.25, 0.3) is 0 Å². The van der Waals surface area contributed by atoms with Gasteiger partial charge in [0.05, 0.1) is 11.9 Å². The first kappa shape index (κ1) is 13.1. The van der Waals surface area contributed by atoms with Crippen molar-refractivity contribution in [2.45, 2.75) is 6.04 Å². The van der Waals surface area contributed by atoms with Gasteiger partial charge in [-0.1, -0.05) is 12.1 Å². The topological polar surface area (TPSA) is 35.2 Å². The second kappa shape index (κ2) is 4.83. The molecule has 2 aromatic heterocycles.